The van der Waals surface area contributed by atoms with Gasteiger partial charge in [0.25, 0.3) is 0 Å². The van der Waals surface area contributed by atoms with Crippen LogP contribution >= 0.6 is 11.6 Å². The number of piperidine rings is 1. The highest BCUT2D eigenvalue weighted by Crippen LogP contribution is 2.19. The minimum absolute atomic E-state index is 0.422. The van der Waals surface area contributed by atoms with Crippen molar-refractivity contribution < 1.29 is 0 Å². The predicted octanol–water partition coefficient (Wildman–Crippen LogP) is 1.60. The molecule has 1 saturated heterocycles. The maximum atomic E-state index is 6.01. The number of aromatic nitrogens is 2. The maximum absolute atomic E-state index is 6.01. The van der Waals surface area contributed by atoms with Crippen LogP contribution in [0.5, 0.6) is 0 Å². The first-order valence-electron chi connectivity index (χ1n) is 5.22. The van der Waals surface area contributed by atoms with Gasteiger partial charge in [-0.2, -0.15) is 0 Å². The van der Waals surface area contributed by atoms with Gasteiger partial charge in [0.05, 0.1) is 6.20 Å². The number of halogens is 1. The average Bonchev–Trinajstić information content (AvgIpc) is 2.25. The number of nitrogens with zero attached hydrogens (tertiary/aromatic N) is 2. The fourth-order valence-electron chi connectivity index (χ4n) is 1.72. The highest BCUT2D eigenvalue weighted by Gasteiger charge is 2.14. The van der Waals surface area contributed by atoms with Gasteiger partial charge in [-0.15, -0.1) is 0 Å². The second-order valence-electron chi connectivity index (χ2n) is 3.80. The normalized spacial score (nSPS) is 21.3. The molecule has 0 radical (unpaired) electrons. The molecule has 1 aromatic rings. The van der Waals surface area contributed by atoms with Crippen molar-refractivity contribution in [2.24, 2.45) is 0 Å². The van der Waals surface area contributed by atoms with E-state index in [0.717, 1.165) is 31.2 Å². The fourth-order valence-corrected chi connectivity index (χ4v) is 1.87. The van der Waals surface area contributed by atoms with Gasteiger partial charge in [0.1, 0.15) is 16.7 Å². The van der Waals surface area contributed by atoms with Crippen molar-refractivity contribution in [2.45, 2.75) is 25.8 Å². The van der Waals surface area contributed by atoms with Crippen LogP contribution < -0.4 is 10.6 Å². The molecule has 0 saturated carbocycles. The van der Waals surface area contributed by atoms with Gasteiger partial charge in [-0.1, -0.05) is 11.6 Å². The summed E-state index contributed by atoms with van der Waals surface area (Å²) in [5.74, 6) is 1.49. The molecule has 1 atom stereocenters. The number of anilines is 1. The summed E-state index contributed by atoms with van der Waals surface area (Å²) in [7, 11) is 0. The molecule has 1 aromatic heterocycles. The predicted molar refractivity (Wildman–Crippen MR) is 61.3 cm³/mol. The van der Waals surface area contributed by atoms with E-state index in [1.165, 1.54) is 6.42 Å². The Morgan fingerprint density at radius 2 is 2.47 bits per heavy atom. The Morgan fingerprint density at radius 1 is 1.60 bits per heavy atom. The first-order valence-corrected chi connectivity index (χ1v) is 5.60. The van der Waals surface area contributed by atoms with Crippen LogP contribution in [0.15, 0.2) is 6.20 Å². The molecule has 0 bridgehead atoms. The fraction of sp³-hybridized carbons (Fsp3) is 0.600. The number of rotatable bonds is 2. The van der Waals surface area contributed by atoms with Crippen LogP contribution in [0.2, 0.25) is 5.02 Å². The third-order valence-electron chi connectivity index (χ3n) is 2.50. The summed E-state index contributed by atoms with van der Waals surface area (Å²) in [6, 6.07) is 0.422. The quantitative estimate of drug-likeness (QED) is 0.805. The Hall–Kier alpha value is -0.870. The highest BCUT2D eigenvalue weighted by atomic mass is 35.5. The Kier molecular flexibility index (Phi) is 3.38. The van der Waals surface area contributed by atoms with E-state index < -0.39 is 0 Å². The molecule has 0 aliphatic carbocycles. The van der Waals surface area contributed by atoms with Gasteiger partial charge in [0.2, 0.25) is 0 Å². The lowest BCUT2D eigenvalue weighted by Gasteiger charge is -2.24. The van der Waals surface area contributed by atoms with Gasteiger partial charge in [-0.3, -0.25) is 0 Å². The molecule has 5 heteroatoms. The highest BCUT2D eigenvalue weighted by molar-refractivity contribution is 6.32. The van der Waals surface area contributed by atoms with Gasteiger partial charge < -0.3 is 10.6 Å². The minimum Gasteiger partial charge on any atom is -0.365 e. The summed E-state index contributed by atoms with van der Waals surface area (Å²) in [6.07, 6.45) is 3.99. The molecule has 0 aromatic carbocycles. The van der Waals surface area contributed by atoms with Crippen LogP contribution in [0.1, 0.15) is 18.7 Å². The van der Waals surface area contributed by atoms with Gasteiger partial charge in [-0.05, 0) is 26.3 Å². The van der Waals surface area contributed by atoms with E-state index >= 15 is 0 Å². The molecule has 15 heavy (non-hydrogen) atoms. The van der Waals surface area contributed by atoms with Gasteiger partial charge >= 0.3 is 0 Å². The lowest BCUT2D eigenvalue weighted by molar-refractivity contribution is 0.479. The van der Waals surface area contributed by atoms with Crippen molar-refractivity contribution in [3.05, 3.63) is 17.0 Å². The lowest BCUT2D eigenvalue weighted by Crippen LogP contribution is -2.38. The first-order chi connectivity index (χ1) is 7.25. The second-order valence-corrected chi connectivity index (χ2v) is 4.21. The zero-order chi connectivity index (χ0) is 10.7. The molecular weight excluding hydrogens is 212 g/mol. The number of aryl methyl sites for hydroxylation is 1. The summed E-state index contributed by atoms with van der Waals surface area (Å²) in [4.78, 5) is 8.32. The Balaban J connectivity index is 2.05. The number of hydrogen-bond acceptors (Lipinski definition) is 4. The molecule has 2 rings (SSSR count). The van der Waals surface area contributed by atoms with Crippen LogP contribution in [0.3, 0.4) is 0 Å². The molecule has 2 heterocycles. The van der Waals surface area contributed by atoms with E-state index in [9.17, 15) is 0 Å². The second kappa shape index (κ2) is 4.77. The number of hydrogen-bond donors (Lipinski definition) is 2. The van der Waals surface area contributed by atoms with Crippen molar-refractivity contribution in [1.82, 2.24) is 15.3 Å². The molecular formula is C10H15ClN4. The molecule has 0 amide bonds. The van der Waals surface area contributed by atoms with E-state index in [4.69, 9.17) is 11.6 Å². The van der Waals surface area contributed by atoms with E-state index in [2.05, 4.69) is 20.6 Å². The average molecular weight is 227 g/mol. The maximum Gasteiger partial charge on any atom is 0.148 e. The molecule has 1 aliphatic rings. The van der Waals surface area contributed by atoms with E-state index in [1.54, 1.807) is 6.20 Å². The summed E-state index contributed by atoms with van der Waals surface area (Å²) < 4.78 is 0. The largest absolute Gasteiger partial charge is 0.365 e. The smallest absolute Gasteiger partial charge is 0.148 e. The van der Waals surface area contributed by atoms with Crippen molar-refractivity contribution in [3.8, 4) is 0 Å². The lowest BCUT2D eigenvalue weighted by atomic mass is 10.1. The monoisotopic (exact) mass is 226 g/mol. The summed E-state index contributed by atoms with van der Waals surface area (Å²) in [5, 5.41) is 7.27. The Labute approximate surface area is 94.5 Å². The molecule has 0 spiro atoms. The van der Waals surface area contributed by atoms with E-state index in [0.29, 0.717) is 11.1 Å². The molecule has 82 valence electrons. The zero-order valence-electron chi connectivity index (χ0n) is 8.76. The van der Waals surface area contributed by atoms with Crippen LogP contribution in [0, 0.1) is 6.92 Å². The Morgan fingerprint density at radius 3 is 3.20 bits per heavy atom. The standard InChI is InChI=1S/C10H15ClN4/c1-7-13-6-9(11)10(14-7)15-8-3-2-4-12-5-8/h6,8,12H,2-5H2,1H3,(H,13,14,15). The zero-order valence-corrected chi connectivity index (χ0v) is 9.51. The van der Waals surface area contributed by atoms with Gasteiger partial charge in [0.15, 0.2) is 0 Å². The van der Waals surface area contributed by atoms with Crippen LogP contribution in [-0.4, -0.2) is 29.1 Å². The van der Waals surface area contributed by atoms with Crippen molar-refractivity contribution >= 4 is 17.4 Å². The summed E-state index contributed by atoms with van der Waals surface area (Å²) in [6.45, 7) is 3.94. The third-order valence-corrected chi connectivity index (χ3v) is 2.78. The van der Waals surface area contributed by atoms with Crippen LogP contribution in [-0.2, 0) is 0 Å². The first kappa shape index (κ1) is 10.6. The van der Waals surface area contributed by atoms with Gasteiger partial charge in [0, 0.05) is 12.6 Å². The Bertz CT molecular complexity index is 336. The van der Waals surface area contributed by atoms with Gasteiger partial charge in [-0.25, -0.2) is 9.97 Å². The van der Waals surface area contributed by atoms with Crippen molar-refractivity contribution in [3.63, 3.8) is 0 Å². The van der Waals surface area contributed by atoms with Crippen LogP contribution in [0.4, 0.5) is 5.82 Å². The van der Waals surface area contributed by atoms with Crippen molar-refractivity contribution in [2.75, 3.05) is 18.4 Å². The molecule has 1 aliphatic heterocycles. The molecule has 1 unspecified atom stereocenters. The van der Waals surface area contributed by atoms with Crippen molar-refractivity contribution in [1.29, 1.82) is 0 Å². The summed E-state index contributed by atoms with van der Waals surface area (Å²) >= 11 is 6.01. The molecule has 2 N–H and O–H groups in total. The molecule has 4 nitrogen and oxygen atoms in total. The topological polar surface area (TPSA) is 49.8 Å². The molecule has 1 fully saturated rings. The SMILES string of the molecule is Cc1ncc(Cl)c(NC2CCCNC2)n1. The van der Waals surface area contributed by atoms with Crippen LogP contribution in [0.25, 0.3) is 0 Å². The third kappa shape index (κ3) is 2.79. The minimum atomic E-state index is 0.422. The number of nitrogens with one attached hydrogen (secondary N) is 2. The van der Waals surface area contributed by atoms with E-state index in [1.807, 2.05) is 6.92 Å². The summed E-state index contributed by atoms with van der Waals surface area (Å²) in [5.41, 5.74) is 0. The van der Waals surface area contributed by atoms with E-state index in [-0.39, 0.29) is 0 Å².